The van der Waals surface area contributed by atoms with E-state index in [-0.39, 0.29) is 10.8 Å². The average molecular weight is 719 g/mol. The number of fused-ring (bicyclic) bond motifs is 12. The molecule has 56 heavy (non-hydrogen) atoms. The van der Waals surface area contributed by atoms with E-state index < -0.39 is 0 Å². The Morgan fingerprint density at radius 2 is 0.946 bits per heavy atom. The van der Waals surface area contributed by atoms with E-state index >= 15 is 0 Å². The lowest BCUT2D eigenvalue weighted by Gasteiger charge is -2.22. The summed E-state index contributed by atoms with van der Waals surface area (Å²) in [5.74, 6) is 0. The van der Waals surface area contributed by atoms with Crippen LogP contribution >= 0.6 is 0 Å². The second-order valence-electron chi connectivity index (χ2n) is 17.3. The van der Waals surface area contributed by atoms with Crippen LogP contribution in [0.1, 0.15) is 67.6 Å². The molecule has 268 valence electrons. The molecule has 0 spiro atoms. The number of hydrogen-bond acceptors (Lipinski definition) is 0. The van der Waals surface area contributed by atoms with Crippen molar-refractivity contribution in [1.29, 1.82) is 0 Å². The van der Waals surface area contributed by atoms with Crippen LogP contribution < -0.4 is 0 Å². The van der Waals surface area contributed by atoms with Gasteiger partial charge in [-0.15, -0.1) is 0 Å². The van der Waals surface area contributed by atoms with Gasteiger partial charge in [0, 0.05) is 49.6 Å². The standard InChI is InChI=1S/C54H42N2/c1-53(2)45-17-9-5-13-37(45)41-29-43-39-15-7-11-19-49(39)55(51(43)31-47(41)53)35-25-21-33(22-26-35)34-23-27-36(28-24-34)56-50-20-12-8-16-40(50)44-30-42-38-14-6-10-18-46(38)54(3,4)48(42)32-52(44)56/h5-11,13-19,21-32H,12,20H2,1-4H3. The highest BCUT2D eigenvalue weighted by atomic mass is 15.0. The van der Waals surface area contributed by atoms with Crippen molar-refractivity contribution in [1.82, 2.24) is 9.13 Å². The first-order chi connectivity index (χ1) is 27.3. The summed E-state index contributed by atoms with van der Waals surface area (Å²) in [7, 11) is 0. The Balaban J connectivity index is 0.940. The molecule has 7 aromatic carbocycles. The number of nitrogens with zero attached hydrogens (tertiary/aromatic N) is 2. The van der Waals surface area contributed by atoms with Crippen molar-refractivity contribution >= 4 is 38.8 Å². The second kappa shape index (κ2) is 11.1. The minimum absolute atomic E-state index is 0.0384. The van der Waals surface area contributed by atoms with E-state index in [1.807, 2.05) is 0 Å². The third kappa shape index (κ3) is 4.17. The number of rotatable bonds is 3. The first-order valence-electron chi connectivity index (χ1n) is 20.2. The van der Waals surface area contributed by atoms with Gasteiger partial charge in [0.1, 0.15) is 0 Å². The fourth-order valence-corrected chi connectivity index (χ4v) is 10.8. The minimum atomic E-state index is -0.0527. The molecule has 2 nitrogen and oxygen atoms in total. The van der Waals surface area contributed by atoms with Gasteiger partial charge in [0.25, 0.3) is 0 Å². The van der Waals surface area contributed by atoms with Crippen LogP contribution in [0.25, 0.3) is 83.5 Å². The second-order valence-corrected chi connectivity index (χ2v) is 17.3. The van der Waals surface area contributed by atoms with Crippen LogP contribution in [0.15, 0.2) is 152 Å². The highest BCUT2D eigenvalue weighted by Crippen LogP contribution is 2.52. The topological polar surface area (TPSA) is 9.86 Å². The molecule has 0 saturated heterocycles. The predicted molar refractivity (Wildman–Crippen MR) is 236 cm³/mol. The lowest BCUT2D eigenvalue weighted by molar-refractivity contribution is 0.660. The van der Waals surface area contributed by atoms with E-state index in [1.54, 1.807) is 0 Å². The van der Waals surface area contributed by atoms with Crippen LogP contribution in [0.2, 0.25) is 0 Å². The van der Waals surface area contributed by atoms with Gasteiger partial charge in [-0.2, -0.15) is 0 Å². The van der Waals surface area contributed by atoms with Gasteiger partial charge in [0.2, 0.25) is 0 Å². The Morgan fingerprint density at radius 3 is 1.57 bits per heavy atom. The zero-order chi connectivity index (χ0) is 37.5. The van der Waals surface area contributed by atoms with Gasteiger partial charge >= 0.3 is 0 Å². The average Bonchev–Trinajstić information content (AvgIpc) is 3.88. The normalized spacial score (nSPS) is 15.6. The van der Waals surface area contributed by atoms with Crippen molar-refractivity contribution in [2.45, 2.75) is 51.4 Å². The molecule has 0 atom stereocenters. The maximum atomic E-state index is 2.54. The number of hydrogen-bond donors (Lipinski definition) is 0. The summed E-state index contributed by atoms with van der Waals surface area (Å²) in [5, 5.41) is 3.95. The maximum absolute atomic E-state index is 2.54. The third-order valence-corrected chi connectivity index (χ3v) is 13.6. The van der Waals surface area contributed by atoms with Gasteiger partial charge in [-0.25, -0.2) is 0 Å². The minimum Gasteiger partial charge on any atom is -0.313 e. The summed E-state index contributed by atoms with van der Waals surface area (Å²) in [5.41, 5.74) is 22.5. The van der Waals surface area contributed by atoms with E-state index in [9.17, 15) is 0 Å². The Bertz CT molecular complexity index is 3160. The van der Waals surface area contributed by atoms with Crippen LogP contribution in [0.5, 0.6) is 0 Å². The van der Waals surface area contributed by atoms with E-state index in [0.717, 1.165) is 12.8 Å². The van der Waals surface area contributed by atoms with Crippen molar-refractivity contribution in [2.24, 2.45) is 0 Å². The zero-order valence-electron chi connectivity index (χ0n) is 32.3. The molecule has 2 aromatic heterocycles. The fourth-order valence-electron chi connectivity index (χ4n) is 10.8. The molecular weight excluding hydrogens is 677 g/mol. The van der Waals surface area contributed by atoms with Crippen LogP contribution in [0, 0.1) is 0 Å². The van der Waals surface area contributed by atoms with Gasteiger partial charge in [0.05, 0.1) is 16.6 Å². The Kier molecular flexibility index (Phi) is 6.33. The molecule has 12 rings (SSSR count). The number of allylic oxidation sites excluding steroid dienone is 1. The zero-order valence-corrected chi connectivity index (χ0v) is 32.3. The Hall–Kier alpha value is -6.38. The number of benzene rings is 7. The molecule has 0 unspecified atom stereocenters. The van der Waals surface area contributed by atoms with Crippen molar-refractivity contribution in [2.75, 3.05) is 0 Å². The molecule has 0 N–H and O–H groups in total. The monoisotopic (exact) mass is 718 g/mol. The molecule has 0 fully saturated rings. The van der Waals surface area contributed by atoms with Crippen LogP contribution in [-0.4, -0.2) is 9.13 Å². The van der Waals surface area contributed by atoms with Crippen molar-refractivity contribution < 1.29 is 0 Å². The van der Waals surface area contributed by atoms with Crippen molar-refractivity contribution in [3.05, 3.63) is 185 Å². The molecule has 9 aromatic rings. The SMILES string of the molecule is CC1(C)c2ccccc2-c2cc3c4c(n(-c5ccc(-c6ccc(-n7c8ccccc8c8cc9c(cc87)C(C)(C)c7ccccc7-9)cc6)cc5)c3cc21)CCC=C4. The van der Waals surface area contributed by atoms with Crippen molar-refractivity contribution in [3.8, 4) is 44.8 Å². The van der Waals surface area contributed by atoms with Gasteiger partial charge in [-0.05, 0) is 123 Å². The van der Waals surface area contributed by atoms with Crippen LogP contribution in [0.4, 0.5) is 0 Å². The molecule has 0 bridgehead atoms. The van der Waals surface area contributed by atoms with E-state index in [1.165, 1.54) is 111 Å². The van der Waals surface area contributed by atoms with Gasteiger partial charge in [-0.3, -0.25) is 0 Å². The van der Waals surface area contributed by atoms with Crippen molar-refractivity contribution in [3.63, 3.8) is 0 Å². The first-order valence-corrected chi connectivity index (χ1v) is 20.2. The molecular formula is C54H42N2. The lowest BCUT2D eigenvalue weighted by atomic mass is 9.82. The molecule has 0 radical (unpaired) electrons. The summed E-state index contributed by atoms with van der Waals surface area (Å²) in [6.45, 7) is 9.49. The highest BCUT2D eigenvalue weighted by molar-refractivity contribution is 6.11. The molecule has 2 heteroatoms. The number of para-hydroxylation sites is 1. The van der Waals surface area contributed by atoms with Gasteiger partial charge in [0.15, 0.2) is 0 Å². The Labute approximate surface area is 328 Å². The quantitative estimate of drug-likeness (QED) is 0.172. The molecule has 2 heterocycles. The summed E-state index contributed by atoms with van der Waals surface area (Å²) in [6.07, 6.45) is 6.82. The lowest BCUT2D eigenvalue weighted by Crippen LogP contribution is -2.15. The first kappa shape index (κ1) is 31.9. The van der Waals surface area contributed by atoms with Crippen LogP contribution in [0.3, 0.4) is 0 Å². The van der Waals surface area contributed by atoms with Crippen LogP contribution in [-0.2, 0) is 17.3 Å². The van der Waals surface area contributed by atoms with Gasteiger partial charge in [-0.1, -0.05) is 131 Å². The summed E-state index contributed by atoms with van der Waals surface area (Å²) in [4.78, 5) is 0. The molecule has 0 aliphatic heterocycles. The summed E-state index contributed by atoms with van der Waals surface area (Å²) >= 11 is 0. The third-order valence-electron chi connectivity index (χ3n) is 13.6. The Morgan fingerprint density at radius 1 is 0.429 bits per heavy atom. The molecule has 3 aliphatic carbocycles. The molecule has 0 saturated carbocycles. The maximum Gasteiger partial charge on any atom is 0.0544 e. The fraction of sp³-hybridized carbons (Fsp3) is 0.148. The summed E-state index contributed by atoms with van der Waals surface area (Å²) < 4.78 is 5.00. The molecule has 0 amide bonds. The predicted octanol–water partition coefficient (Wildman–Crippen LogP) is 14.0. The smallest absolute Gasteiger partial charge is 0.0544 e. The summed E-state index contributed by atoms with van der Waals surface area (Å²) in [6, 6.07) is 55.1. The largest absolute Gasteiger partial charge is 0.313 e. The van der Waals surface area contributed by atoms with E-state index in [0.29, 0.717) is 0 Å². The molecule has 3 aliphatic rings. The van der Waals surface area contributed by atoms with E-state index in [2.05, 4.69) is 195 Å². The highest BCUT2D eigenvalue weighted by Gasteiger charge is 2.37. The number of aromatic nitrogens is 2. The van der Waals surface area contributed by atoms with Gasteiger partial charge < -0.3 is 9.13 Å². The van der Waals surface area contributed by atoms with E-state index in [4.69, 9.17) is 0 Å².